The molecular weight excluding hydrogens is 198 g/mol. The molecule has 0 aliphatic heterocycles. The first-order valence-corrected chi connectivity index (χ1v) is 4.90. The van der Waals surface area contributed by atoms with E-state index in [-0.39, 0.29) is 6.54 Å². The number of nitrogens with zero attached hydrogens (tertiary/aromatic N) is 3. The lowest BCUT2D eigenvalue weighted by Crippen LogP contribution is -2.31. The summed E-state index contributed by atoms with van der Waals surface area (Å²) >= 11 is 0. The molecule has 0 radical (unpaired) electrons. The highest BCUT2D eigenvalue weighted by Gasteiger charge is 2.31. The van der Waals surface area contributed by atoms with Crippen LogP contribution in [0.4, 0.5) is 0 Å². The second-order valence-electron chi connectivity index (χ2n) is 3.83. The van der Waals surface area contributed by atoms with Gasteiger partial charge in [-0.3, -0.25) is 9.69 Å². The smallest absolute Gasteiger partial charge is 0.317 e. The number of hydrogen-bond donors (Lipinski definition) is 1. The number of aliphatic carboxylic acids is 1. The Morgan fingerprint density at radius 1 is 1.60 bits per heavy atom. The third-order valence-corrected chi connectivity index (χ3v) is 2.50. The van der Waals surface area contributed by atoms with Crippen molar-refractivity contribution in [2.75, 3.05) is 6.54 Å². The molecule has 1 fully saturated rings. The molecule has 0 spiro atoms. The van der Waals surface area contributed by atoms with Gasteiger partial charge in [-0.15, -0.1) is 0 Å². The monoisotopic (exact) mass is 211 g/mol. The van der Waals surface area contributed by atoms with E-state index in [1.54, 1.807) is 6.92 Å². The molecule has 0 aromatic carbocycles. The van der Waals surface area contributed by atoms with Gasteiger partial charge in [-0.1, -0.05) is 10.3 Å². The van der Waals surface area contributed by atoms with E-state index in [4.69, 9.17) is 5.11 Å². The molecular formula is C9H13N3O3. The van der Waals surface area contributed by atoms with Crippen molar-refractivity contribution in [1.82, 2.24) is 15.2 Å². The van der Waals surface area contributed by atoms with Crippen LogP contribution in [0.2, 0.25) is 0 Å². The number of hydrogen-bond acceptors (Lipinski definition) is 5. The Morgan fingerprint density at radius 2 is 2.33 bits per heavy atom. The number of aromatic nitrogens is 2. The molecule has 0 unspecified atom stereocenters. The Bertz CT molecular complexity index is 359. The molecule has 0 saturated heterocycles. The zero-order chi connectivity index (χ0) is 10.8. The zero-order valence-electron chi connectivity index (χ0n) is 8.51. The van der Waals surface area contributed by atoms with Gasteiger partial charge in [0.25, 0.3) is 0 Å². The predicted molar refractivity (Wildman–Crippen MR) is 50.1 cm³/mol. The van der Waals surface area contributed by atoms with Gasteiger partial charge in [-0.05, 0) is 19.8 Å². The van der Waals surface area contributed by atoms with Crippen LogP contribution in [0.25, 0.3) is 0 Å². The lowest BCUT2D eigenvalue weighted by atomic mass is 10.3. The van der Waals surface area contributed by atoms with Crippen LogP contribution < -0.4 is 0 Å². The fraction of sp³-hybridized carbons (Fsp3) is 0.667. The molecule has 15 heavy (non-hydrogen) atoms. The number of carboxylic acids is 1. The molecule has 1 N–H and O–H groups in total. The summed E-state index contributed by atoms with van der Waals surface area (Å²) in [6, 6.07) is 0.386. The highest BCUT2D eigenvalue weighted by atomic mass is 16.6. The molecule has 2 rings (SSSR count). The third-order valence-electron chi connectivity index (χ3n) is 2.50. The summed E-state index contributed by atoms with van der Waals surface area (Å²) in [4.78, 5) is 12.6. The third kappa shape index (κ3) is 2.53. The van der Waals surface area contributed by atoms with Gasteiger partial charge in [0.05, 0.1) is 6.54 Å². The largest absolute Gasteiger partial charge is 0.480 e. The maximum atomic E-state index is 10.7. The average Bonchev–Trinajstić information content (AvgIpc) is 2.92. The number of aryl methyl sites for hydroxylation is 1. The van der Waals surface area contributed by atoms with E-state index >= 15 is 0 Å². The van der Waals surface area contributed by atoms with Crippen LogP contribution >= 0.6 is 0 Å². The number of carbonyl (C=O) groups is 1. The van der Waals surface area contributed by atoms with Crippen LogP contribution in [0.15, 0.2) is 4.63 Å². The van der Waals surface area contributed by atoms with Gasteiger partial charge in [-0.25, -0.2) is 4.63 Å². The molecule has 1 aromatic heterocycles. The Morgan fingerprint density at radius 3 is 2.80 bits per heavy atom. The van der Waals surface area contributed by atoms with Crippen molar-refractivity contribution in [3.63, 3.8) is 0 Å². The Kier molecular flexibility index (Phi) is 2.68. The summed E-state index contributed by atoms with van der Waals surface area (Å²) in [6.45, 7) is 2.36. The highest BCUT2D eigenvalue weighted by molar-refractivity contribution is 5.69. The van der Waals surface area contributed by atoms with Gasteiger partial charge in [0, 0.05) is 12.6 Å². The van der Waals surface area contributed by atoms with Crippen LogP contribution in [-0.4, -0.2) is 38.9 Å². The Hall–Kier alpha value is -1.43. The normalized spacial score (nSPS) is 15.9. The zero-order valence-corrected chi connectivity index (χ0v) is 8.51. The van der Waals surface area contributed by atoms with Crippen LogP contribution in [0.1, 0.15) is 24.2 Å². The van der Waals surface area contributed by atoms with Gasteiger partial charge >= 0.3 is 5.97 Å². The quantitative estimate of drug-likeness (QED) is 0.760. The molecule has 0 atom stereocenters. The second-order valence-corrected chi connectivity index (χ2v) is 3.83. The molecule has 1 heterocycles. The van der Waals surface area contributed by atoms with Crippen LogP contribution in [0.5, 0.6) is 0 Å². The first kappa shape index (κ1) is 10.1. The van der Waals surface area contributed by atoms with Crippen molar-refractivity contribution in [3.05, 3.63) is 11.4 Å². The van der Waals surface area contributed by atoms with Crippen molar-refractivity contribution < 1.29 is 14.5 Å². The van der Waals surface area contributed by atoms with Crippen LogP contribution in [-0.2, 0) is 11.3 Å². The van der Waals surface area contributed by atoms with E-state index < -0.39 is 5.97 Å². The van der Waals surface area contributed by atoms with Crippen molar-refractivity contribution in [2.45, 2.75) is 32.4 Å². The summed E-state index contributed by atoms with van der Waals surface area (Å²) in [6.07, 6.45) is 2.13. The van der Waals surface area contributed by atoms with E-state index in [1.807, 2.05) is 4.90 Å². The van der Waals surface area contributed by atoms with Crippen molar-refractivity contribution in [1.29, 1.82) is 0 Å². The van der Waals surface area contributed by atoms with E-state index in [1.165, 1.54) is 0 Å². The summed E-state index contributed by atoms with van der Waals surface area (Å²) in [5, 5.41) is 16.2. The summed E-state index contributed by atoms with van der Waals surface area (Å²) in [7, 11) is 0. The molecule has 82 valence electrons. The maximum absolute atomic E-state index is 10.7. The SMILES string of the molecule is Cc1nonc1CN(CC(=O)O)C1CC1. The van der Waals surface area contributed by atoms with E-state index in [9.17, 15) is 4.79 Å². The van der Waals surface area contributed by atoms with E-state index in [0.29, 0.717) is 12.6 Å². The molecule has 1 aromatic rings. The Labute approximate surface area is 86.8 Å². The minimum Gasteiger partial charge on any atom is -0.480 e. The molecule has 0 amide bonds. The fourth-order valence-corrected chi connectivity index (χ4v) is 1.51. The van der Waals surface area contributed by atoms with Gasteiger partial charge in [0.15, 0.2) is 0 Å². The van der Waals surface area contributed by atoms with E-state index in [2.05, 4.69) is 14.9 Å². The predicted octanol–water partition coefficient (Wildman–Crippen LogP) is 0.427. The summed E-state index contributed by atoms with van der Waals surface area (Å²) in [5.74, 6) is -0.809. The Balaban J connectivity index is 2.00. The molecule has 1 aliphatic rings. The first-order chi connectivity index (χ1) is 7.16. The second kappa shape index (κ2) is 3.98. The standard InChI is InChI=1S/C9H13N3O3/c1-6-8(11-15-10-6)4-12(5-9(13)14)7-2-3-7/h7H,2-5H2,1H3,(H,13,14). The van der Waals surface area contributed by atoms with Crippen molar-refractivity contribution >= 4 is 5.97 Å². The molecule has 1 aliphatic carbocycles. The van der Waals surface area contributed by atoms with E-state index in [0.717, 1.165) is 24.2 Å². The van der Waals surface area contributed by atoms with Gasteiger partial charge in [-0.2, -0.15) is 0 Å². The van der Waals surface area contributed by atoms with Crippen molar-refractivity contribution in [3.8, 4) is 0 Å². The molecule has 6 nitrogen and oxygen atoms in total. The average molecular weight is 211 g/mol. The molecule has 6 heteroatoms. The molecule has 1 saturated carbocycles. The fourth-order valence-electron chi connectivity index (χ4n) is 1.51. The van der Waals surface area contributed by atoms with Crippen LogP contribution in [0.3, 0.4) is 0 Å². The minimum absolute atomic E-state index is 0.0525. The minimum atomic E-state index is -0.809. The van der Waals surface area contributed by atoms with Crippen molar-refractivity contribution in [2.24, 2.45) is 0 Å². The first-order valence-electron chi connectivity index (χ1n) is 4.90. The number of carboxylic acid groups (broad SMARTS) is 1. The topological polar surface area (TPSA) is 79.5 Å². The van der Waals surface area contributed by atoms with Crippen LogP contribution in [0, 0.1) is 6.92 Å². The van der Waals surface area contributed by atoms with Gasteiger partial charge in [0.1, 0.15) is 11.4 Å². The summed E-state index contributed by atoms with van der Waals surface area (Å²) < 4.78 is 4.58. The lowest BCUT2D eigenvalue weighted by Gasteiger charge is -2.17. The lowest BCUT2D eigenvalue weighted by molar-refractivity contribution is -0.138. The van der Waals surface area contributed by atoms with Gasteiger partial charge in [0.2, 0.25) is 0 Å². The van der Waals surface area contributed by atoms with Gasteiger partial charge < -0.3 is 5.11 Å². The maximum Gasteiger partial charge on any atom is 0.317 e. The summed E-state index contributed by atoms with van der Waals surface area (Å²) in [5.41, 5.74) is 1.45. The number of rotatable bonds is 5. The highest BCUT2D eigenvalue weighted by Crippen LogP contribution is 2.27. The molecule has 0 bridgehead atoms.